The molecule has 0 atom stereocenters. The van der Waals surface area contributed by atoms with E-state index < -0.39 is 23.4 Å². The molecule has 3 aromatic rings. The molecule has 2 heterocycles. The molecular weight excluding hydrogens is 394 g/mol. The SMILES string of the molecule is O=C(CN1C(=O)NC(Cc2ccccc2)(Cc2ccccc2)C1=O)NCc1ccco1. The minimum atomic E-state index is -1.15. The number of nitrogens with one attached hydrogen (secondary N) is 2. The van der Waals surface area contributed by atoms with Crippen LogP contribution in [0.15, 0.2) is 83.5 Å². The fourth-order valence-electron chi connectivity index (χ4n) is 3.81. The number of furan rings is 1. The monoisotopic (exact) mass is 417 g/mol. The molecule has 31 heavy (non-hydrogen) atoms. The Morgan fingerprint density at radius 3 is 2.06 bits per heavy atom. The Hall–Kier alpha value is -3.87. The summed E-state index contributed by atoms with van der Waals surface area (Å²) in [7, 11) is 0. The number of hydrogen-bond donors (Lipinski definition) is 2. The lowest BCUT2D eigenvalue weighted by atomic mass is 9.84. The molecule has 1 saturated heterocycles. The standard InChI is InChI=1S/C24H23N3O4/c28-21(25-16-20-12-7-13-31-20)17-27-22(29)24(26-23(27)30,14-18-8-3-1-4-9-18)15-19-10-5-2-6-11-19/h1-13H,14-17H2,(H,25,28)(H,26,30). The van der Waals surface area contributed by atoms with Gasteiger partial charge in [0, 0.05) is 12.8 Å². The highest BCUT2D eigenvalue weighted by atomic mass is 16.3. The summed E-state index contributed by atoms with van der Waals surface area (Å²) in [6.07, 6.45) is 2.18. The Morgan fingerprint density at radius 2 is 1.52 bits per heavy atom. The van der Waals surface area contributed by atoms with Crippen molar-refractivity contribution in [3.63, 3.8) is 0 Å². The normalized spacial score (nSPS) is 15.0. The molecule has 1 aliphatic rings. The molecule has 4 rings (SSSR count). The molecule has 7 heteroatoms. The van der Waals surface area contributed by atoms with Crippen LogP contribution in [0, 0.1) is 0 Å². The molecule has 0 radical (unpaired) electrons. The average molecular weight is 417 g/mol. The molecule has 4 amide bonds. The summed E-state index contributed by atoms with van der Waals surface area (Å²) in [6, 6.07) is 22.0. The van der Waals surface area contributed by atoms with Crippen molar-refractivity contribution < 1.29 is 18.8 Å². The fraction of sp³-hybridized carbons (Fsp3) is 0.208. The third kappa shape index (κ3) is 4.66. The fourth-order valence-corrected chi connectivity index (χ4v) is 3.81. The first-order chi connectivity index (χ1) is 15.1. The molecule has 0 saturated carbocycles. The van der Waals surface area contributed by atoms with E-state index in [1.807, 2.05) is 60.7 Å². The predicted octanol–water partition coefficient (Wildman–Crippen LogP) is 2.67. The summed E-state index contributed by atoms with van der Waals surface area (Å²) in [5.74, 6) is -0.249. The summed E-state index contributed by atoms with van der Waals surface area (Å²) in [5, 5.41) is 5.55. The maximum absolute atomic E-state index is 13.5. The summed E-state index contributed by atoms with van der Waals surface area (Å²) >= 11 is 0. The van der Waals surface area contributed by atoms with E-state index in [1.165, 1.54) is 6.26 Å². The summed E-state index contributed by atoms with van der Waals surface area (Å²) in [4.78, 5) is 39.6. The Labute approximate surface area is 180 Å². The number of rotatable bonds is 8. The first kappa shape index (κ1) is 20.4. The molecule has 0 aliphatic carbocycles. The lowest BCUT2D eigenvalue weighted by Crippen LogP contribution is -2.51. The van der Waals surface area contributed by atoms with Crippen LogP contribution in [0.4, 0.5) is 4.79 Å². The van der Waals surface area contributed by atoms with Gasteiger partial charge in [0.1, 0.15) is 17.8 Å². The van der Waals surface area contributed by atoms with Crippen LogP contribution in [0.3, 0.4) is 0 Å². The Kier molecular flexibility index (Phi) is 5.84. The number of urea groups is 1. The van der Waals surface area contributed by atoms with Crippen LogP contribution in [0.1, 0.15) is 16.9 Å². The summed E-state index contributed by atoms with van der Waals surface area (Å²) < 4.78 is 5.19. The van der Waals surface area contributed by atoms with Gasteiger partial charge in [-0.1, -0.05) is 60.7 Å². The van der Waals surface area contributed by atoms with Crippen molar-refractivity contribution in [2.75, 3.05) is 6.54 Å². The van der Waals surface area contributed by atoms with Crippen molar-refractivity contribution in [2.24, 2.45) is 0 Å². The Bertz CT molecular complexity index is 1010. The molecule has 2 N–H and O–H groups in total. The number of carbonyl (C=O) groups excluding carboxylic acids is 3. The highest BCUT2D eigenvalue weighted by Gasteiger charge is 2.51. The first-order valence-electron chi connectivity index (χ1n) is 10.1. The van der Waals surface area contributed by atoms with Crippen LogP contribution in [0.25, 0.3) is 0 Å². The molecule has 0 bridgehead atoms. The van der Waals surface area contributed by atoms with E-state index in [2.05, 4.69) is 10.6 Å². The molecule has 2 aromatic carbocycles. The molecule has 1 aromatic heterocycles. The van der Waals surface area contributed by atoms with Crippen LogP contribution in [0.5, 0.6) is 0 Å². The zero-order chi connectivity index (χ0) is 21.7. The highest BCUT2D eigenvalue weighted by molar-refractivity contribution is 6.09. The summed E-state index contributed by atoms with van der Waals surface area (Å²) in [5.41, 5.74) is 0.702. The number of benzene rings is 2. The van der Waals surface area contributed by atoms with Gasteiger partial charge in [0.2, 0.25) is 5.91 Å². The third-order valence-corrected chi connectivity index (χ3v) is 5.28. The molecule has 0 unspecified atom stereocenters. The van der Waals surface area contributed by atoms with Gasteiger partial charge in [0.15, 0.2) is 0 Å². The van der Waals surface area contributed by atoms with Gasteiger partial charge in [0.05, 0.1) is 12.8 Å². The van der Waals surface area contributed by atoms with E-state index in [-0.39, 0.29) is 13.1 Å². The van der Waals surface area contributed by atoms with Gasteiger partial charge in [-0.3, -0.25) is 14.5 Å². The van der Waals surface area contributed by atoms with Crippen LogP contribution < -0.4 is 10.6 Å². The highest BCUT2D eigenvalue weighted by Crippen LogP contribution is 2.27. The second-order valence-corrected chi connectivity index (χ2v) is 7.58. The van der Waals surface area contributed by atoms with Crippen LogP contribution >= 0.6 is 0 Å². The minimum Gasteiger partial charge on any atom is -0.467 e. The van der Waals surface area contributed by atoms with Crippen molar-refractivity contribution in [3.05, 3.63) is 95.9 Å². The number of nitrogens with zero attached hydrogens (tertiary/aromatic N) is 1. The molecule has 1 fully saturated rings. The zero-order valence-corrected chi connectivity index (χ0v) is 16.9. The van der Waals surface area contributed by atoms with Crippen molar-refractivity contribution in [1.82, 2.24) is 15.5 Å². The van der Waals surface area contributed by atoms with E-state index in [0.29, 0.717) is 18.6 Å². The van der Waals surface area contributed by atoms with Gasteiger partial charge < -0.3 is 15.1 Å². The smallest absolute Gasteiger partial charge is 0.325 e. The van der Waals surface area contributed by atoms with Crippen LogP contribution in [0.2, 0.25) is 0 Å². The lowest BCUT2D eigenvalue weighted by molar-refractivity contribution is -0.135. The van der Waals surface area contributed by atoms with Gasteiger partial charge in [-0.15, -0.1) is 0 Å². The van der Waals surface area contributed by atoms with E-state index in [0.717, 1.165) is 16.0 Å². The van der Waals surface area contributed by atoms with Gasteiger partial charge >= 0.3 is 6.03 Å². The molecular formula is C24H23N3O4. The maximum atomic E-state index is 13.5. The first-order valence-corrected chi connectivity index (χ1v) is 10.1. The van der Waals surface area contributed by atoms with Gasteiger partial charge in [0.25, 0.3) is 5.91 Å². The summed E-state index contributed by atoms with van der Waals surface area (Å²) in [6.45, 7) is -0.161. The second-order valence-electron chi connectivity index (χ2n) is 7.58. The zero-order valence-electron chi connectivity index (χ0n) is 16.9. The third-order valence-electron chi connectivity index (χ3n) is 5.28. The van der Waals surface area contributed by atoms with E-state index in [4.69, 9.17) is 4.42 Å². The van der Waals surface area contributed by atoms with E-state index in [1.54, 1.807) is 12.1 Å². The van der Waals surface area contributed by atoms with Gasteiger partial charge in [-0.2, -0.15) is 0 Å². The number of hydrogen-bond acceptors (Lipinski definition) is 4. The topological polar surface area (TPSA) is 91.7 Å². The molecule has 7 nitrogen and oxygen atoms in total. The quantitative estimate of drug-likeness (QED) is 0.551. The average Bonchev–Trinajstić information content (AvgIpc) is 3.37. The van der Waals surface area contributed by atoms with Gasteiger partial charge in [-0.05, 0) is 23.3 Å². The van der Waals surface area contributed by atoms with Crippen LogP contribution in [-0.2, 0) is 29.0 Å². The van der Waals surface area contributed by atoms with Crippen LogP contribution in [-0.4, -0.2) is 34.8 Å². The molecule has 158 valence electrons. The Balaban J connectivity index is 1.53. The Morgan fingerprint density at radius 1 is 0.903 bits per heavy atom. The van der Waals surface area contributed by atoms with Crippen molar-refractivity contribution in [2.45, 2.75) is 24.9 Å². The minimum absolute atomic E-state index is 0.189. The second kappa shape index (κ2) is 8.87. The lowest BCUT2D eigenvalue weighted by Gasteiger charge is -2.27. The molecule has 0 spiro atoms. The number of carbonyl (C=O) groups is 3. The van der Waals surface area contributed by atoms with Crippen molar-refractivity contribution in [3.8, 4) is 0 Å². The van der Waals surface area contributed by atoms with Crippen molar-refractivity contribution in [1.29, 1.82) is 0 Å². The van der Waals surface area contributed by atoms with E-state index >= 15 is 0 Å². The van der Waals surface area contributed by atoms with E-state index in [9.17, 15) is 14.4 Å². The van der Waals surface area contributed by atoms with Crippen molar-refractivity contribution >= 4 is 17.8 Å². The maximum Gasteiger partial charge on any atom is 0.325 e. The number of amides is 4. The predicted molar refractivity (Wildman–Crippen MR) is 114 cm³/mol. The van der Waals surface area contributed by atoms with Gasteiger partial charge in [-0.25, -0.2) is 4.79 Å². The number of imide groups is 1. The molecule has 1 aliphatic heterocycles. The largest absolute Gasteiger partial charge is 0.467 e.